The summed E-state index contributed by atoms with van der Waals surface area (Å²) < 4.78 is 92.0. The van der Waals surface area contributed by atoms with Crippen LogP contribution in [0.5, 0.6) is 0 Å². The molecule has 3 atom stereocenters. The van der Waals surface area contributed by atoms with Crippen LogP contribution in [0.25, 0.3) is 0 Å². The van der Waals surface area contributed by atoms with Gasteiger partial charge in [0.25, 0.3) is 5.56 Å². The summed E-state index contributed by atoms with van der Waals surface area (Å²) in [6.07, 6.45) is -8.48. The molecule has 0 spiro atoms. The highest BCUT2D eigenvalue weighted by atomic mass is 19.4. The molecule has 208 valence electrons. The quantitative estimate of drug-likeness (QED) is 0.414. The number of aromatic nitrogens is 4. The molecular weight excluding hydrogens is 527 g/mol. The normalized spacial score (nSPS) is 22.1. The maximum absolute atomic E-state index is 14.3. The number of aldehydes is 1. The molecule has 9 nitrogen and oxygen atoms in total. The van der Waals surface area contributed by atoms with Gasteiger partial charge in [0.2, 0.25) is 5.95 Å². The first-order valence-corrected chi connectivity index (χ1v) is 11.7. The van der Waals surface area contributed by atoms with Gasteiger partial charge in [-0.1, -0.05) is 0 Å². The van der Waals surface area contributed by atoms with Gasteiger partial charge in [0.15, 0.2) is 0 Å². The van der Waals surface area contributed by atoms with Crippen LogP contribution in [0.15, 0.2) is 23.3 Å². The molecule has 0 bridgehead atoms. The van der Waals surface area contributed by atoms with E-state index in [0.717, 1.165) is 18.7 Å². The van der Waals surface area contributed by atoms with Crippen molar-refractivity contribution in [3.63, 3.8) is 0 Å². The van der Waals surface area contributed by atoms with Crippen LogP contribution >= 0.6 is 0 Å². The van der Waals surface area contributed by atoms with Gasteiger partial charge < -0.3 is 14.6 Å². The molecule has 0 aliphatic carbocycles. The molecule has 2 saturated heterocycles. The van der Waals surface area contributed by atoms with Crippen molar-refractivity contribution < 1.29 is 35.5 Å². The Morgan fingerprint density at radius 1 is 1.05 bits per heavy atom. The second-order valence-corrected chi connectivity index (χ2v) is 9.29. The number of anilines is 2. The van der Waals surface area contributed by atoms with E-state index in [1.807, 2.05) is 10.00 Å². The number of aromatic amines is 1. The van der Waals surface area contributed by atoms with Crippen molar-refractivity contribution in [1.82, 2.24) is 25.1 Å². The second kappa shape index (κ2) is 10.8. The fourth-order valence-electron chi connectivity index (χ4n) is 4.73. The summed E-state index contributed by atoms with van der Waals surface area (Å²) in [7, 11) is 0. The van der Waals surface area contributed by atoms with Gasteiger partial charge >= 0.3 is 12.4 Å². The van der Waals surface area contributed by atoms with E-state index in [2.05, 4.69) is 15.1 Å². The topological polar surface area (TPSA) is 98.3 Å². The SMILES string of the molecule is O=CC(C[C@@H]1C[C@H](F)CN1c1cc(C(F)(F)F)c(=O)[nH]n1)CN1CCN(c2ncc(C(F)(F)F)cn2)CC1. The van der Waals surface area contributed by atoms with E-state index in [9.17, 15) is 40.3 Å². The van der Waals surface area contributed by atoms with Gasteiger partial charge in [-0.3, -0.25) is 9.69 Å². The zero-order valence-electron chi connectivity index (χ0n) is 19.8. The van der Waals surface area contributed by atoms with Crippen LogP contribution in [0.3, 0.4) is 0 Å². The lowest BCUT2D eigenvalue weighted by Gasteiger charge is -2.36. The van der Waals surface area contributed by atoms with Gasteiger partial charge in [0.1, 0.15) is 23.8 Å². The van der Waals surface area contributed by atoms with Crippen molar-refractivity contribution in [2.45, 2.75) is 37.4 Å². The highest BCUT2D eigenvalue weighted by Crippen LogP contribution is 2.33. The largest absolute Gasteiger partial charge is 0.421 e. The molecule has 0 saturated carbocycles. The summed E-state index contributed by atoms with van der Waals surface area (Å²) in [6, 6.07) is -0.0241. The molecule has 0 radical (unpaired) electrons. The van der Waals surface area contributed by atoms with E-state index in [1.54, 1.807) is 4.90 Å². The highest BCUT2D eigenvalue weighted by molar-refractivity contribution is 5.54. The number of rotatable bonds is 7. The van der Waals surface area contributed by atoms with E-state index >= 15 is 0 Å². The smallest absolute Gasteiger partial charge is 0.349 e. The molecule has 0 aromatic carbocycles. The Morgan fingerprint density at radius 2 is 1.71 bits per heavy atom. The number of nitrogens with one attached hydrogen (secondary N) is 1. The Morgan fingerprint density at radius 3 is 2.29 bits per heavy atom. The minimum Gasteiger partial charge on any atom is -0.349 e. The molecule has 4 rings (SSSR count). The van der Waals surface area contributed by atoms with Crippen LogP contribution in [0, 0.1) is 5.92 Å². The predicted molar refractivity (Wildman–Crippen MR) is 120 cm³/mol. The summed E-state index contributed by atoms with van der Waals surface area (Å²) in [5, 5.41) is 5.48. The van der Waals surface area contributed by atoms with Crippen LogP contribution < -0.4 is 15.4 Å². The third kappa shape index (κ3) is 6.39. The van der Waals surface area contributed by atoms with Gasteiger partial charge in [-0.25, -0.2) is 19.5 Å². The average molecular weight is 551 g/mol. The molecule has 2 aliphatic heterocycles. The van der Waals surface area contributed by atoms with Crippen LogP contribution in [0.4, 0.5) is 42.5 Å². The molecule has 4 heterocycles. The summed E-state index contributed by atoms with van der Waals surface area (Å²) in [6.45, 7) is 1.81. The third-order valence-corrected chi connectivity index (χ3v) is 6.63. The highest BCUT2D eigenvalue weighted by Gasteiger charge is 2.39. The number of carbonyl (C=O) groups excluding carboxylic acids is 1. The van der Waals surface area contributed by atoms with Crippen molar-refractivity contribution in [2.24, 2.45) is 5.92 Å². The third-order valence-electron chi connectivity index (χ3n) is 6.63. The van der Waals surface area contributed by atoms with E-state index in [4.69, 9.17) is 0 Å². The lowest BCUT2D eigenvalue weighted by Crippen LogP contribution is -2.49. The van der Waals surface area contributed by atoms with Crippen molar-refractivity contribution in [3.05, 3.63) is 39.9 Å². The number of alkyl halides is 7. The van der Waals surface area contributed by atoms with Crippen LogP contribution in [-0.4, -0.2) is 82.8 Å². The van der Waals surface area contributed by atoms with Gasteiger partial charge in [0, 0.05) is 69.6 Å². The molecule has 16 heteroatoms. The maximum Gasteiger partial charge on any atom is 0.421 e. The van der Waals surface area contributed by atoms with Crippen molar-refractivity contribution in [3.8, 4) is 0 Å². The summed E-state index contributed by atoms with van der Waals surface area (Å²) in [5.74, 6) is -0.629. The second-order valence-electron chi connectivity index (χ2n) is 9.29. The van der Waals surface area contributed by atoms with Gasteiger partial charge in [-0.05, 0) is 6.42 Å². The number of piperazine rings is 1. The molecule has 2 aromatic rings. The fraction of sp³-hybridized carbons (Fsp3) is 0.591. The van der Waals surface area contributed by atoms with E-state index in [1.165, 1.54) is 4.90 Å². The van der Waals surface area contributed by atoms with Gasteiger partial charge in [-0.2, -0.15) is 31.4 Å². The first kappa shape index (κ1) is 27.7. The molecule has 2 fully saturated rings. The number of halogens is 7. The Labute approximate surface area is 211 Å². The number of nitrogens with zero attached hydrogens (tertiary/aromatic N) is 6. The maximum atomic E-state index is 14.3. The summed E-state index contributed by atoms with van der Waals surface area (Å²) in [4.78, 5) is 36.0. The lowest BCUT2D eigenvalue weighted by molar-refractivity contribution is -0.139. The monoisotopic (exact) mass is 551 g/mol. The molecule has 1 unspecified atom stereocenters. The number of H-pyrrole nitrogens is 1. The fourth-order valence-corrected chi connectivity index (χ4v) is 4.73. The number of hydrogen-bond acceptors (Lipinski definition) is 8. The Kier molecular flexibility index (Phi) is 7.90. The molecule has 0 amide bonds. The summed E-state index contributed by atoms with van der Waals surface area (Å²) >= 11 is 0. The molecule has 2 aromatic heterocycles. The average Bonchev–Trinajstić information content (AvgIpc) is 3.23. The minimum absolute atomic E-state index is 0.00840. The minimum atomic E-state index is -4.91. The zero-order chi connectivity index (χ0) is 27.7. The molecule has 38 heavy (non-hydrogen) atoms. The summed E-state index contributed by atoms with van der Waals surface area (Å²) in [5.41, 5.74) is -3.79. The Bertz CT molecular complexity index is 1160. The van der Waals surface area contributed by atoms with E-state index in [-0.39, 0.29) is 31.2 Å². The predicted octanol–water partition coefficient (Wildman–Crippen LogP) is 2.54. The van der Waals surface area contributed by atoms with Crippen LogP contribution in [0.2, 0.25) is 0 Å². The zero-order valence-corrected chi connectivity index (χ0v) is 19.8. The van der Waals surface area contributed by atoms with Crippen molar-refractivity contribution in [1.29, 1.82) is 0 Å². The molecule has 1 N–H and O–H groups in total. The standard InChI is InChI=1S/C22H24F7N7O2/c23-15-6-16(36(11-15)18-7-17(22(27,28)29)19(38)33-32-18)5-13(12-37)10-34-1-3-35(4-2-34)20-30-8-14(9-31-20)21(24,25)26/h7-9,12-13,15-16H,1-6,10-11H2,(H,33,38)/t13?,15-,16+/m0/s1. The molecular formula is C22H24F7N7O2. The first-order chi connectivity index (χ1) is 17.8. The van der Waals surface area contributed by atoms with Crippen molar-refractivity contribution >= 4 is 18.1 Å². The van der Waals surface area contributed by atoms with Gasteiger partial charge in [-0.15, -0.1) is 0 Å². The molecule has 2 aliphatic rings. The Hall–Kier alpha value is -3.30. The van der Waals surface area contributed by atoms with E-state index in [0.29, 0.717) is 38.8 Å². The first-order valence-electron chi connectivity index (χ1n) is 11.7. The van der Waals surface area contributed by atoms with Crippen LogP contribution in [-0.2, 0) is 17.1 Å². The lowest BCUT2D eigenvalue weighted by atomic mass is 9.98. The van der Waals surface area contributed by atoms with Crippen molar-refractivity contribution in [2.75, 3.05) is 49.1 Å². The van der Waals surface area contributed by atoms with E-state index < -0.39 is 47.2 Å². The Balaban J connectivity index is 1.36. The number of hydrogen-bond donors (Lipinski definition) is 1. The number of carbonyl (C=O) groups is 1. The van der Waals surface area contributed by atoms with Gasteiger partial charge in [0.05, 0.1) is 12.1 Å². The van der Waals surface area contributed by atoms with Crippen LogP contribution in [0.1, 0.15) is 24.0 Å².